The average molecular weight is 224 g/mol. The minimum Gasteiger partial charge on any atom is -0.314 e. The van der Waals surface area contributed by atoms with Gasteiger partial charge in [-0.15, -0.1) is 0 Å². The third kappa shape index (κ3) is 3.51. The summed E-state index contributed by atoms with van der Waals surface area (Å²) in [5.41, 5.74) is 1.36. The molecule has 2 heteroatoms. The van der Waals surface area contributed by atoms with Gasteiger partial charge in [-0.1, -0.05) is 23.7 Å². The van der Waals surface area contributed by atoms with Gasteiger partial charge in [-0.05, 0) is 56.3 Å². The van der Waals surface area contributed by atoms with Crippen molar-refractivity contribution in [2.75, 3.05) is 6.54 Å². The summed E-state index contributed by atoms with van der Waals surface area (Å²) in [5, 5.41) is 4.39. The van der Waals surface area contributed by atoms with Gasteiger partial charge in [0.2, 0.25) is 0 Å². The van der Waals surface area contributed by atoms with Gasteiger partial charge in [0.1, 0.15) is 0 Å². The molecule has 0 aromatic heterocycles. The molecule has 0 heterocycles. The van der Waals surface area contributed by atoms with E-state index < -0.39 is 0 Å². The second-order valence-corrected chi connectivity index (χ2v) is 4.89. The lowest BCUT2D eigenvalue weighted by Gasteiger charge is -2.12. The first-order valence-electron chi connectivity index (χ1n) is 5.73. The van der Waals surface area contributed by atoms with Crippen molar-refractivity contribution in [2.24, 2.45) is 5.92 Å². The number of hydrogen-bond acceptors (Lipinski definition) is 1. The van der Waals surface area contributed by atoms with E-state index in [1.54, 1.807) is 0 Å². The minimum atomic E-state index is 0.692. The predicted molar refractivity (Wildman–Crippen MR) is 65.3 cm³/mol. The van der Waals surface area contributed by atoms with Gasteiger partial charge in [0.15, 0.2) is 0 Å². The molecule has 1 aliphatic carbocycles. The molecule has 1 aromatic carbocycles. The molecule has 1 nitrogen and oxygen atoms in total. The second kappa shape index (κ2) is 5.00. The first-order valence-corrected chi connectivity index (χ1v) is 6.11. The van der Waals surface area contributed by atoms with Crippen LogP contribution in [0, 0.1) is 5.92 Å². The van der Waals surface area contributed by atoms with Crippen molar-refractivity contribution in [1.82, 2.24) is 5.32 Å². The van der Waals surface area contributed by atoms with E-state index in [1.807, 2.05) is 12.1 Å². The molecule has 1 fully saturated rings. The smallest absolute Gasteiger partial charge is 0.0406 e. The molecule has 1 aromatic rings. The Morgan fingerprint density at radius 3 is 2.60 bits per heavy atom. The van der Waals surface area contributed by atoms with Crippen LogP contribution in [0.25, 0.3) is 0 Å². The quantitative estimate of drug-likeness (QED) is 0.808. The molecule has 1 unspecified atom stereocenters. The number of rotatable bonds is 5. The fourth-order valence-electron chi connectivity index (χ4n) is 1.86. The number of hydrogen-bond donors (Lipinski definition) is 1. The van der Waals surface area contributed by atoms with Gasteiger partial charge in [0, 0.05) is 11.1 Å². The van der Waals surface area contributed by atoms with Crippen LogP contribution in [0.1, 0.15) is 25.3 Å². The Morgan fingerprint density at radius 1 is 1.33 bits per heavy atom. The molecule has 0 spiro atoms. The van der Waals surface area contributed by atoms with Gasteiger partial charge in [-0.25, -0.2) is 0 Å². The second-order valence-electron chi connectivity index (χ2n) is 4.46. The van der Waals surface area contributed by atoms with Crippen LogP contribution < -0.4 is 5.32 Å². The number of halogens is 1. The van der Waals surface area contributed by atoms with Gasteiger partial charge in [-0.3, -0.25) is 0 Å². The van der Waals surface area contributed by atoms with Gasteiger partial charge < -0.3 is 5.32 Å². The van der Waals surface area contributed by atoms with Crippen molar-refractivity contribution in [1.29, 1.82) is 0 Å². The molecule has 1 saturated carbocycles. The Morgan fingerprint density at radius 2 is 2.00 bits per heavy atom. The van der Waals surface area contributed by atoms with Crippen molar-refractivity contribution >= 4 is 11.6 Å². The van der Waals surface area contributed by atoms with Gasteiger partial charge in [-0.2, -0.15) is 0 Å². The van der Waals surface area contributed by atoms with Crippen LogP contribution in [0.15, 0.2) is 24.3 Å². The largest absolute Gasteiger partial charge is 0.314 e. The zero-order chi connectivity index (χ0) is 10.7. The van der Waals surface area contributed by atoms with E-state index in [0.717, 1.165) is 23.9 Å². The molecule has 0 bridgehead atoms. The number of nitrogens with one attached hydrogen (secondary N) is 1. The van der Waals surface area contributed by atoms with Crippen molar-refractivity contribution in [3.05, 3.63) is 34.9 Å². The molecule has 0 aliphatic heterocycles. The lowest BCUT2D eigenvalue weighted by atomic mass is 10.1. The van der Waals surface area contributed by atoms with Crippen LogP contribution in [0.5, 0.6) is 0 Å². The summed E-state index contributed by atoms with van der Waals surface area (Å²) in [7, 11) is 0. The third-order valence-electron chi connectivity index (χ3n) is 3.12. The SMILES string of the molecule is CC(NCCc1ccc(Cl)cc1)C1CC1. The average Bonchev–Trinajstić information content (AvgIpc) is 3.04. The summed E-state index contributed by atoms with van der Waals surface area (Å²) in [6, 6.07) is 8.82. The molecule has 1 atom stereocenters. The summed E-state index contributed by atoms with van der Waals surface area (Å²) >= 11 is 5.83. The summed E-state index contributed by atoms with van der Waals surface area (Å²) in [6.45, 7) is 3.36. The Hall–Kier alpha value is -0.530. The summed E-state index contributed by atoms with van der Waals surface area (Å²) in [6.07, 6.45) is 3.92. The van der Waals surface area contributed by atoms with E-state index >= 15 is 0 Å². The standard InChI is InChI=1S/C13H18ClN/c1-10(12-4-5-12)15-9-8-11-2-6-13(14)7-3-11/h2-3,6-7,10,12,15H,4-5,8-9H2,1H3. The zero-order valence-electron chi connectivity index (χ0n) is 9.17. The highest BCUT2D eigenvalue weighted by atomic mass is 35.5. The molecule has 0 amide bonds. The molecule has 1 aliphatic rings. The van der Waals surface area contributed by atoms with E-state index in [-0.39, 0.29) is 0 Å². The Kier molecular flexibility index (Phi) is 3.66. The van der Waals surface area contributed by atoms with E-state index in [2.05, 4.69) is 24.4 Å². The Labute approximate surface area is 96.8 Å². The van der Waals surface area contributed by atoms with Crippen molar-refractivity contribution in [3.63, 3.8) is 0 Å². The van der Waals surface area contributed by atoms with E-state index in [4.69, 9.17) is 11.6 Å². The van der Waals surface area contributed by atoms with Crippen molar-refractivity contribution in [3.8, 4) is 0 Å². The van der Waals surface area contributed by atoms with Gasteiger partial charge in [0.05, 0.1) is 0 Å². The number of benzene rings is 1. The minimum absolute atomic E-state index is 0.692. The van der Waals surface area contributed by atoms with Crippen LogP contribution >= 0.6 is 11.6 Å². The summed E-state index contributed by atoms with van der Waals surface area (Å²) in [4.78, 5) is 0. The van der Waals surface area contributed by atoms with Crippen molar-refractivity contribution < 1.29 is 0 Å². The van der Waals surface area contributed by atoms with Gasteiger partial charge >= 0.3 is 0 Å². The van der Waals surface area contributed by atoms with Crippen LogP contribution in [-0.2, 0) is 6.42 Å². The zero-order valence-corrected chi connectivity index (χ0v) is 9.93. The molecule has 82 valence electrons. The molecule has 0 saturated heterocycles. The predicted octanol–water partition coefficient (Wildman–Crippen LogP) is 3.27. The molecular weight excluding hydrogens is 206 g/mol. The maximum atomic E-state index is 5.83. The molecular formula is C13H18ClN. The lowest BCUT2D eigenvalue weighted by Crippen LogP contribution is -2.29. The first kappa shape index (κ1) is 11.0. The van der Waals surface area contributed by atoms with E-state index in [9.17, 15) is 0 Å². The Bertz CT molecular complexity index is 303. The third-order valence-corrected chi connectivity index (χ3v) is 3.37. The van der Waals surface area contributed by atoms with Crippen LogP contribution in [0.3, 0.4) is 0 Å². The Balaban J connectivity index is 1.70. The molecule has 2 rings (SSSR count). The molecule has 0 radical (unpaired) electrons. The summed E-state index contributed by atoms with van der Waals surface area (Å²) in [5.74, 6) is 0.940. The highest BCUT2D eigenvalue weighted by Gasteiger charge is 2.26. The normalized spacial score (nSPS) is 17.7. The van der Waals surface area contributed by atoms with Crippen LogP contribution in [0.4, 0.5) is 0 Å². The first-order chi connectivity index (χ1) is 7.25. The van der Waals surface area contributed by atoms with E-state index in [0.29, 0.717) is 6.04 Å². The van der Waals surface area contributed by atoms with Crippen LogP contribution in [0.2, 0.25) is 5.02 Å². The molecule has 15 heavy (non-hydrogen) atoms. The maximum absolute atomic E-state index is 5.83. The highest BCUT2D eigenvalue weighted by molar-refractivity contribution is 6.30. The van der Waals surface area contributed by atoms with Gasteiger partial charge in [0.25, 0.3) is 0 Å². The fourth-order valence-corrected chi connectivity index (χ4v) is 1.98. The topological polar surface area (TPSA) is 12.0 Å². The lowest BCUT2D eigenvalue weighted by molar-refractivity contribution is 0.500. The van der Waals surface area contributed by atoms with Crippen LogP contribution in [-0.4, -0.2) is 12.6 Å². The maximum Gasteiger partial charge on any atom is 0.0406 e. The van der Waals surface area contributed by atoms with E-state index in [1.165, 1.54) is 18.4 Å². The molecule has 1 N–H and O–H groups in total. The fraction of sp³-hybridized carbons (Fsp3) is 0.538. The van der Waals surface area contributed by atoms with Crippen molar-refractivity contribution in [2.45, 2.75) is 32.2 Å². The summed E-state index contributed by atoms with van der Waals surface area (Å²) < 4.78 is 0. The highest BCUT2D eigenvalue weighted by Crippen LogP contribution is 2.32. The monoisotopic (exact) mass is 223 g/mol.